The molecule has 0 saturated carbocycles. The molecule has 1 aromatic carbocycles. The number of nitrogens with two attached hydrogens (primary N) is 2. The van der Waals surface area contributed by atoms with Gasteiger partial charge in [0.25, 0.3) is 0 Å². The Morgan fingerprint density at radius 2 is 2.12 bits per heavy atom. The van der Waals surface area contributed by atoms with Gasteiger partial charge < -0.3 is 11.1 Å². The zero-order valence-corrected chi connectivity index (χ0v) is 9.84. The summed E-state index contributed by atoms with van der Waals surface area (Å²) >= 11 is 0. The lowest BCUT2D eigenvalue weighted by Crippen LogP contribution is -2.16. The van der Waals surface area contributed by atoms with Crippen LogP contribution >= 0.6 is 0 Å². The third-order valence-electron chi connectivity index (χ3n) is 1.89. The van der Waals surface area contributed by atoms with Gasteiger partial charge >= 0.3 is 0 Å². The predicted molar refractivity (Wildman–Crippen MR) is 65.5 cm³/mol. The number of hydrogen-bond acceptors (Lipinski definition) is 4. The van der Waals surface area contributed by atoms with E-state index in [1.54, 1.807) is 12.1 Å². The summed E-state index contributed by atoms with van der Waals surface area (Å²) in [7, 11) is -3.78. The first-order valence-electron chi connectivity index (χ1n) is 4.61. The number of rotatable bonds is 4. The van der Waals surface area contributed by atoms with E-state index in [-0.39, 0.29) is 4.90 Å². The summed E-state index contributed by atoms with van der Waals surface area (Å²) in [5.74, 6) is 0. The summed E-state index contributed by atoms with van der Waals surface area (Å²) in [5.41, 5.74) is 7.18. The minimum atomic E-state index is -3.78. The number of hydrogen-bond donors (Lipinski definition) is 3. The highest BCUT2D eigenvalue weighted by Crippen LogP contribution is 2.22. The van der Waals surface area contributed by atoms with Gasteiger partial charge in [0.05, 0.1) is 5.69 Å². The van der Waals surface area contributed by atoms with Crippen LogP contribution in [0.5, 0.6) is 0 Å². The molecule has 0 heterocycles. The topological polar surface area (TPSA) is 98.2 Å². The summed E-state index contributed by atoms with van der Waals surface area (Å²) in [6.45, 7) is 6.02. The molecule has 0 bridgehead atoms. The fourth-order valence-corrected chi connectivity index (χ4v) is 1.91. The zero-order chi connectivity index (χ0) is 12.3. The van der Waals surface area contributed by atoms with E-state index in [1.165, 1.54) is 6.07 Å². The highest BCUT2D eigenvalue weighted by atomic mass is 32.2. The second-order valence-electron chi connectivity index (χ2n) is 3.61. The van der Waals surface area contributed by atoms with Gasteiger partial charge in [-0.25, -0.2) is 13.6 Å². The van der Waals surface area contributed by atoms with E-state index in [1.807, 2.05) is 6.92 Å². The second-order valence-corrected chi connectivity index (χ2v) is 5.14. The molecular formula is C10H15N3O2S. The minimum Gasteiger partial charge on any atom is -0.399 e. The number of benzene rings is 1. The molecule has 0 spiro atoms. The Labute approximate surface area is 95.2 Å². The molecule has 0 atom stereocenters. The fraction of sp³-hybridized carbons (Fsp3) is 0.200. The summed E-state index contributed by atoms with van der Waals surface area (Å²) in [5, 5.41) is 8.02. The van der Waals surface area contributed by atoms with Gasteiger partial charge in [-0.2, -0.15) is 0 Å². The largest absolute Gasteiger partial charge is 0.399 e. The minimum absolute atomic E-state index is 0.00579. The van der Waals surface area contributed by atoms with Crippen LogP contribution in [-0.2, 0) is 10.0 Å². The summed E-state index contributed by atoms with van der Waals surface area (Å²) < 4.78 is 22.6. The molecule has 6 heteroatoms. The standard InChI is InChI=1S/C10H15N3O2S/c1-7(2)6-13-9-4-3-8(11)5-10(9)16(12,14)15/h3-5,13H,1,6,11H2,2H3,(H2,12,14,15). The van der Waals surface area contributed by atoms with Crippen LogP contribution in [0.2, 0.25) is 0 Å². The average molecular weight is 241 g/mol. The lowest BCUT2D eigenvalue weighted by molar-refractivity contribution is 0.598. The lowest BCUT2D eigenvalue weighted by Gasteiger charge is -2.11. The van der Waals surface area contributed by atoms with E-state index < -0.39 is 10.0 Å². The molecule has 0 saturated heterocycles. The number of nitrogen functional groups attached to an aromatic ring is 1. The van der Waals surface area contributed by atoms with Crippen LogP contribution < -0.4 is 16.2 Å². The van der Waals surface area contributed by atoms with Gasteiger partial charge in [-0.1, -0.05) is 12.2 Å². The van der Waals surface area contributed by atoms with Gasteiger partial charge in [0.2, 0.25) is 10.0 Å². The molecule has 0 aromatic heterocycles. The predicted octanol–water partition coefficient (Wildman–Crippen LogP) is 0.904. The van der Waals surface area contributed by atoms with Crippen LogP contribution in [0.15, 0.2) is 35.2 Å². The van der Waals surface area contributed by atoms with E-state index in [0.29, 0.717) is 17.9 Å². The summed E-state index contributed by atoms with van der Waals surface area (Å²) in [6.07, 6.45) is 0. The Bertz CT molecular complexity index is 509. The molecule has 0 aliphatic carbocycles. The molecule has 16 heavy (non-hydrogen) atoms. The molecule has 5 nitrogen and oxygen atoms in total. The number of primary sulfonamides is 1. The quantitative estimate of drug-likeness (QED) is 0.539. The van der Waals surface area contributed by atoms with E-state index >= 15 is 0 Å². The molecule has 5 N–H and O–H groups in total. The Hall–Kier alpha value is -1.53. The molecule has 0 radical (unpaired) electrons. The zero-order valence-electron chi connectivity index (χ0n) is 9.03. The van der Waals surface area contributed by atoms with Gasteiger partial charge in [0, 0.05) is 12.2 Å². The molecule has 1 rings (SSSR count). The van der Waals surface area contributed by atoms with Gasteiger partial charge in [-0.3, -0.25) is 0 Å². The molecule has 88 valence electrons. The van der Waals surface area contributed by atoms with Gasteiger partial charge in [-0.05, 0) is 25.1 Å². The molecule has 0 amide bonds. The normalized spacial score (nSPS) is 11.1. The Kier molecular flexibility index (Phi) is 3.56. The monoisotopic (exact) mass is 241 g/mol. The smallest absolute Gasteiger partial charge is 0.240 e. The SMILES string of the molecule is C=C(C)CNc1ccc(N)cc1S(N)(=O)=O. The number of sulfonamides is 1. The molecule has 0 aliphatic heterocycles. The highest BCUT2D eigenvalue weighted by Gasteiger charge is 2.13. The first-order chi connectivity index (χ1) is 7.30. The van der Waals surface area contributed by atoms with Crippen molar-refractivity contribution in [3.63, 3.8) is 0 Å². The lowest BCUT2D eigenvalue weighted by atomic mass is 10.2. The van der Waals surface area contributed by atoms with E-state index in [0.717, 1.165) is 5.57 Å². The van der Waals surface area contributed by atoms with Crippen molar-refractivity contribution in [1.82, 2.24) is 0 Å². The maximum absolute atomic E-state index is 11.3. The molecule has 0 unspecified atom stereocenters. The van der Waals surface area contributed by atoms with Crippen LogP contribution in [0.25, 0.3) is 0 Å². The van der Waals surface area contributed by atoms with Gasteiger partial charge in [-0.15, -0.1) is 0 Å². The maximum Gasteiger partial charge on any atom is 0.240 e. The van der Waals surface area contributed by atoms with Gasteiger partial charge in [0.1, 0.15) is 4.90 Å². The molecule has 0 fully saturated rings. The van der Waals surface area contributed by atoms with Crippen LogP contribution in [0.3, 0.4) is 0 Å². The third-order valence-corrected chi connectivity index (χ3v) is 2.84. The first-order valence-corrected chi connectivity index (χ1v) is 6.16. The van der Waals surface area contributed by atoms with E-state index in [4.69, 9.17) is 10.9 Å². The van der Waals surface area contributed by atoms with Crippen molar-refractivity contribution in [2.24, 2.45) is 5.14 Å². The van der Waals surface area contributed by atoms with Crippen molar-refractivity contribution >= 4 is 21.4 Å². The van der Waals surface area contributed by atoms with Crippen LogP contribution in [0.1, 0.15) is 6.92 Å². The van der Waals surface area contributed by atoms with Crippen molar-refractivity contribution in [3.05, 3.63) is 30.4 Å². The Morgan fingerprint density at radius 3 is 2.62 bits per heavy atom. The van der Waals surface area contributed by atoms with Crippen LogP contribution in [-0.4, -0.2) is 15.0 Å². The first kappa shape index (κ1) is 12.5. The van der Waals surface area contributed by atoms with Crippen molar-refractivity contribution in [1.29, 1.82) is 0 Å². The molecule has 0 aliphatic rings. The van der Waals surface area contributed by atoms with E-state index in [9.17, 15) is 8.42 Å². The van der Waals surface area contributed by atoms with Crippen molar-refractivity contribution < 1.29 is 8.42 Å². The fourth-order valence-electron chi connectivity index (χ4n) is 1.17. The molecular weight excluding hydrogens is 226 g/mol. The summed E-state index contributed by atoms with van der Waals surface area (Å²) in [6, 6.07) is 4.52. The maximum atomic E-state index is 11.3. The Morgan fingerprint density at radius 1 is 1.50 bits per heavy atom. The van der Waals surface area contributed by atoms with Crippen molar-refractivity contribution in [3.8, 4) is 0 Å². The second kappa shape index (κ2) is 4.54. The van der Waals surface area contributed by atoms with Gasteiger partial charge in [0.15, 0.2) is 0 Å². The van der Waals surface area contributed by atoms with E-state index in [2.05, 4.69) is 11.9 Å². The van der Waals surface area contributed by atoms with Crippen molar-refractivity contribution in [2.75, 3.05) is 17.6 Å². The third kappa shape index (κ3) is 3.25. The van der Waals surface area contributed by atoms with Crippen molar-refractivity contribution in [2.45, 2.75) is 11.8 Å². The summed E-state index contributed by atoms with van der Waals surface area (Å²) in [4.78, 5) is -0.00579. The number of nitrogens with one attached hydrogen (secondary N) is 1. The van der Waals surface area contributed by atoms with Crippen LogP contribution in [0.4, 0.5) is 11.4 Å². The highest BCUT2D eigenvalue weighted by molar-refractivity contribution is 7.89. The number of anilines is 2. The molecule has 1 aromatic rings. The van der Waals surface area contributed by atoms with Crippen LogP contribution in [0, 0.1) is 0 Å². The Balaban J connectivity index is 3.13. The average Bonchev–Trinajstić information content (AvgIpc) is 2.14.